The Morgan fingerprint density at radius 2 is 2.17 bits per heavy atom. The Hall–Kier alpha value is -1.22. The van der Waals surface area contributed by atoms with Gasteiger partial charge in [-0.2, -0.15) is 0 Å². The Labute approximate surface area is 109 Å². The quantitative estimate of drug-likeness (QED) is 0.890. The van der Waals surface area contributed by atoms with Crippen molar-refractivity contribution in [3.8, 4) is 5.75 Å². The predicted molar refractivity (Wildman–Crippen MR) is 74.5 cm³/mol. The molecule has 1 aliphatic rings. The maximum atomic E-state index is 10.0. The van der Waals surface area contributed by atoms with Gasteiger partial charge in [0, 0.05) is 24.7 Å². The fourth-order valence-corrected chi connectivity index (χ4v) is 2.81. The highest BCUT2D eigenvalue weighted by Gasteiger charge is 2.31. The van der Waals surface area contributed by atoms with Crippen LogP contribution in [-0.2, 0) is 0 Å². The third-order valence-electron chi connectivity index (χ3n) is 3.58. The Morgan fingerprint density at radius 1 is 1.44 bits per heavy atom. The second-order valence-corrected chi connectivity index (χ2v) is 5.68. The van der Waals surface area contributed by atoms with Crippen LogP contribution in [0, 0.1) is 0 Å². The lowest BCUT2D eigenvalue weighted by atomic mass is 9.89. The fourth-order valence-electron chi connectivity index (χ4n) is 2.81. The molecule has 3 heteroatoms. The number of rotatable bonds is 4. The van der Waals surface area contributed by atoms with Crippen LogP contribution < -0.4 is 9.64 Å². The number of hydrogen-bond acceptors (Lipinski definition) is 3. The first kappa shape index (κ1) is 13.2. The highest BCUT2D eigenvalue weighted by atomic mass is 16.5. The molecule has 0 aliphatic carbocycles. The summed E-state index contributed by atoms with van der Waals surface area (Å²) >= 11 is 0. The average molecular weight is 249 g/mol. The largest absolute Gasteiger partial charge is 0.497 e. The van der Waals surface area contributed by atoms with Gasteiger partial charge in [0.1, 0.15) is 5.75 Å². The molecule has 2 rings (SSSR count). The summed E-state index contributed by atoms with van der Waals surface area (Å²) in [5, 5.41) is 10.0. The second kappa shape index (κ2) is 4.81. The molecule has 0 aromatic heterocycles. The molecule has 18 heavy (non-hydrogen) atoms. The van der Waals surface area contributed by atoms with E-state index >= 15 is 0 Å². The van der Waals surface area contributed by atoms with Gasteiger partial charge < -0.3 is 14.7 Å². The van der Waals surface area contributed by atoms with Crippen molar-refractivity contribution in [2.75, 3.05) is 25.1 Å². The summed E-state index contributed by atoms with van der Waals surface area (Å²) in [6.45, 7) is 7.91. The van der Waals surface area contributed by atoms with E-state index in [9.17, 15) is 5.11 Å². The third kappa shape index (κ3) is 2.61. The molecular weight excluding hydrogens is 226 g/mol. The average Bonchev–Trinajstić information content (AvgIpc) is 2.64. The summed E-state index contributed by atoms with van der Waals surface area (Å²) in [5.41, 5.74) is 1.96. The van der Waals surface area contributed by atoms with Gasteiger partial charge >= 0.3 is 0 Å². The van der Waals surface area contributed by atoms with Crippen LogP contribution in [0.5, 0.6) is 5.75 Å². The number of likely N-dealkylation sites (N-methyl/N-ethyl adjacent to an activating group) is 1. The highest BCUT2D eigenvalue weighted by Crippen LogP contribution is 2.41. The number of anilines is 1. The fraction of sp³-hybridized carbons (Fsp3) is 0.600. The molecule has 1 aromatic carbocycles. The first-order chi connectivity index (χ1) is 8.44. The number of ether oxygens (including phenoxy) is 1. The lowest BCUT2D eigenvalue weighted by molar-refractivity contribution is 0.0644. The number of hydrogen-bond donors (Lipinski definition) is 1. The summed E-state index contributed by atoms with van der Waals surface area (Å²) in [6, 6.07) is 6.25. The molecule has 0 fully saturated rings. The number of benzene rings is 1. The topological polar surface area (TPSA) is 32.7 Å². The molecule has 0 radical (unpaired) electrons. The van der Waals surface area contributed by atoms with Gasteiger partial charge in [-0.1, -0.05) is 0 Å². The van der Waals surface area contributed by atoms with Crippen LogP contribution in [-0.4, -0.2) is 30.9 Å². The number of aliphatic hydroxyl groups is 1. The van der Waals surface area contributed by atoms with E-state index in [4.69, 9.17) is 4.74 Å². The number of methoxy groups -OCH3 is 1. The number of fused-ring (bicyclic) bond motifs is 1. The molecule has 1 heterocycles. The normalized spacial score (nSPS) is 18.9. The zero-order chi connectivity index (χ0) is 13.3. The van der Waals surface area contributed by atoms with Gasteiger partial charge in [0.25, 0.3) is 0 Å². The Kier molecular flexibility index (Phi) is 3.53. The molecule has 1 aliphatic heterocycles. The van der Waals surface area contributed by atoms with Crippen molar-refractivity contribution in [1.29, 1.82) is 0 Å². The molecule has 1 aromatic rings. The van der Waals surface area contributed by atoms with Gasteiger partial charge in [0.15, 0.2) is 0 Å². The van der Waals surface area contributed by atoms with Crippen molar-refractivity contribution in [3.05, 3.63) is 23.8 Å². The summed E-state index contributed by atoms with van der Waals surface area (Å²) in [5.74, 6) is 1.28. The van der Waals surface area contributed by atoms with E-state index in [0.29, 0.717) is 5.92 Å². The molecule has 1 unspecified atom stereocenters. The SMILES string of the molecule is CCN1CC(CC(C)(C)O)c2cc(OC)ccc21. The maximum absolute atomic E-state index is 10.0. The summed E-state index contributed by atoms with van der Waals surface area (Å²) in [4.78, 5) is 2.37. The first-order valence-electron chi connectivity index (χ1n) is 6.60. The third-order valence-corrected chi connectivity index (χ3v) is 3.58. The van der Waals surface area contributed by atoms with E-state index in [1.54, 1.807) is 7.11 Å². The van der Waals surface area contributed by atoms with E-state index in [0.717, 1.165) is 25.3 Å². The summed E-state index contributed by atoms with van der Waals surface area (Å²) in [6.07, 6.45) is 0.781. The zero-order valence-corrected chi connectivity index (χ0v) is 11.7. The zero-order valence-electron chi connectivity index (χ0n) is 11.7. The van der Waals surface area contributed by atoms with Gasteiger partial charge in [-0.15, -0.1) is 0 Å². The number of nitrogens with zero attached hydrogens (tertiary/aromatic N) is 1. The van der Waals surface area contributed by atoms with E-state index in [-0.39, 0.29) is 0 Å². The van der Waals surface area contributed by atoms with Crippen LogP contribution in [0.25, 0.3) is 0 Å². The molecule has 0 saturated carbocycles. The van der Waals surface area contributed by atoms with Gasteiger partial charge in [-0.05, 0) is 51.0 Å². The molecule has 0 bridgehead atoms. The summed E-state index contributed by atoms with van der Waals surface area (Å²) < 4.78 is 5.31. The molecule has 1 atom stereocenters. The monoisotopic (exact) mass is 249 g/mol. The van der Waals surface area contributed by atoms with Crippen LogP contribution >= 0.6 is 0 Å². The van der Waals surface area contributed by atoms with Crippen LogP contribution in [0.2, 0.25) is 0 Å². The van der Waals surface area contributed by atoms with Crippen molar-refractivity contribution in [1.82, 2.24) is 0 Å². The van der Waals surface area contributed by atoms with Crippen LogP contribution in [0.1, 0.15) is 38.7 Å². The van der Waals surface area contributed by atoms with Gasteiger partial charge in [0.2, 0.25) is 0 Å². The standard InChI is InChI=1S/C15H23NO2/c1-5-16-10-11(9-15(2,3)17)13-8-12(18-4)6-7-14(13)16/h6-8,11,17H,5,9-10H2,1-4H3. The molecule has 0 amide bonds. The minimum absolute atomic E-state index is 0.384. The maximum Gasteiger partial charge on any atom is 0.119 e. The van der Waals surface area contributed by atoms with Crippen molar-refractivity contribution in [2.45, 2.75) is 38.7 Å². The lowest BCUT2D eigenvalue weighted by Gasteiger charge is -2.23. The minimum Gasteiger partial charge on any atom is -0.497 e. The second-order valence-electron chi connectivity index (χ2n) is 5.68. The van der Waals surface area contributed by atoms with E-state index < -0.39 is 5.60 Å². The molecule has 100 valence electrons. The van der Waals surface area contributed by atoms with Crippen molar-refractivity contribution < 1.29 is 9.84 Å². The first-order valence-corrected chi connectivity index (χ1v) is 6.60. The minimum atomic E-state index is -0.630. The lowest BCUT2D eigenvalue weighted by Crippen LogP contribution is -2.26. The van der Waals surface area contributed by atoms with Crippen LogP contribution in [0.3, 0.4) is 0 Å². The van der Waals surface area contributed by atoms with Crippen LogP contribution in [0.4, 0.5) is 5.69 Å². The molecular formula is C15H23NO2. The van der Waals surface area contributed by atoms with E-state index in [1.807, 2.05) is 19.9 Å². The van der Waals surface area contributed by atoms with Gasteiger partial charge in [0.05, 0.1) is 12.7 Å². The van der Waals surface area contributed by atoms with E-state index in [1.165, 1.54) is 11.3 Å². The smallest absolute Gasteiger partial charge is 0.119 e. The highest BCUT2D eigenvalue weighted by molar-refractivity contribution is 5.62. The Bertz CT molecular complexity index is 423. The Balaban J connectivity index is 2.32. The van der Waals surface area contributed by atoms with Gasteiger partial charge in [-0.25, -0.2) is 0 Å². The molecule has 1 N–H and O–H groups in total. The Morgan fingerprint density at radius 3 is 2.72 bits per heavy atom. The molecule has 0 spiro atoms. The van der Waals surface area contributed by atoms with Crippen molar-refractivity contribution >= 4 is 5.69 Å². The molecule has 0 saturated heterocycles. The van der Waals surface area contributed by atoms with Gasteiger partial charge in [-0.3, -0.25) is 0 Å². The molecule has 3 nitrogen and oxygen atoms in total. The van der Waals surface area contributed by atoms with Crippen LogP contribution in [0.15, 0.2) is 18.2 Å². The van der Waals surface area contributed by atoms with E-state index in [2.05, 4.69) is 24.0 Å². The predicted octanol–water partition coefficient (Wildman–Crippen LogP) is 2.78. The van der Waals surface area contributed by atoms with Crippen molar-refractivity contribution in [3.63, 3.8) is 0 Å². The summed E-state index contributed by atoms with van der Waals surface area (Å²) in [7, 11) is 1.69. The van der Waals surface area contributed by atoms with Crippen molar-refractivity contribution in [2.24, 2.45) is 0 Å².